The molecule has 1 amide bonds. The summed E-state index contributed by atoms with van der Waals surface area (Å²) in [6.45, 7) is 3.45. The summed E-state index contributed by atoms with van der Waals surface area (Å²) in [5.74, 6) is 0.491. The van der Waals surface area contributed by atoms with Gasteiger partial charge in [0.1, 0.15) is 12.7 Å². The molecule has 0 radical (unpaired) electrons. The van der Waals surface area contributed by atoms with Gasteiger partial charge in [-0.1, -0.05) is 31.5 Å². The van der Waals surface area contributed by atoms with Gasteiger partial charge in [0.15, 0.2) is 0 Å². The topological polar surface area (TPSA) is 73.0 Å². The summed E-state index contributed by atoms with van der Waals surface area (Å²) in [7, 11) is 0. The average Bonchev–Trinajstić information content (AvgIpc) is 3.31. The molecule has 2 bridgehead atoms. The highest BCUT2D eigenvalue weighted by molar-refractivity contribution is 5.97. The van der Waals surface area contributed by atoms with Crippen LogP contribution >= 0.6 is 0 Å². The molecule has 0 unspecified atom stereocenters. The van der Waals surface area contributed by atoms with Crippen LogP contribution in [0.15, 0.2) is 59.9 Å². The molecule has 30 heavy (non-hydrogen) atoms. The van der Waals surface area contributed by atoms with E-state index in [2.05, 4.69) is 23.1 Å². The van der Waals surface area contributed by atoms with Gasteiger partial charge in [0.25, 0.3) is 11.5 Å². The van der Waals surface area contributed by atoms with Crippen LogP contribution < -0.4 is 5.56 Å². The molecule has 3 aromatic rings. The van der Waals surface area contributed by atoms with Gasteiger partial charge in [0.2, 0.25) is 0 Å². The number of carbonyl (C=O) groups is 1. The number of pyridine rings is 1. The molecule has 0 aliphatic carbocycles. The number of hydrogen-bond donors (Lipinski definition) is 0. The molecular formula is C23H25N5O2. The van der Waals surface area contributed by atoms with Crippen molar-refractivity contribution in [3.63, 3.8) is 0 Å². The third-order valence-electron chi connectivity index (χ3n) is 6.47. The van der Waals surface area contributed by atoms with E-state index in [0.717, 1.165) is 30.6 Å². The number of para-hydroxylation sites is 1. The van der Waals surface area contributed by atoms with E-state index in [0.29, 0.717) is 24.6 Å². The second-order valence-electron chi connectivity index (χ2n) is 8.27. The van der Waals surface area contributed by atoms with E-state index in [1.807, 2.05) is 39.8 Å². The lowest BCUT2D eigenvalue weighted by atomic mass is 9.77. The molecule has 1 saturated heterocycles. The standard InChI is InChI=1S/C23H25N5O2/c1-2-6-19-16-11-17(20-9-5-10-22(29)28(19)20)13-26(12-16)23(30)18-7-3-4-8-21(18)27-15-24-14-25-27/h3-5,7-10,14-17,19H,2,6,11-13H2,1H3/t16-,17+,19-/m0/s1. The van der Waals surface area contributed by atoms with Crippen molar-refractivity contribution in [1.82, 2.24) is 24.2 Å². The zero-order chi connectivity index (χ0) is 20.7. The highest BCUT2D eigenvalue weighted by Crippen LogP contribution is 2.43. The van der Waals surface area contributed by atoms with Crippen molar-refractivity contribution in [2.24, 2.45) is 5.92 Å². The van der Waals surface area contributed by atoms with Gasteiger partial charge in [-0.15, -0.1) is 0 Å². The van der Waals surface area contributed by atoms with E-state index >= 15 is 0 Å². The molecule has 2 aliphatic heterocycles. The predicted molar refractivity (Wildman–Crippen MR) is 113 cm³/mol. The molecule has 154 valence electrons. The lowest BCUT2D eigenvalue weighted by Crippen LogP contribution is -2.51. The first-order chi connectivity index (χ1) is 14.7. The summed E-state index contributed by atoms with van der Waals surface area (Å²) >= 11 is 0. The summed E-state index contributed by atoms with van der Waals surface area (Å²) in [4.78, 5) is 32.2. The van der Waals surface area contributed by atoms with Gasteiger partial charge in [-0.3, -0.25) is 9.59 Å². The van der Waals surface area contributed by atoms with Crippen LogP contribution in [0.3, 0.4) is 0 Å². The average molecular weight is 403 g/mol. The Bertz CT molecular complexity index is 1120. The zero-order valence-electron chi connectivity index (χ0n) is 17.0. The molecule has 0 spiro atoms. The third-order valence-corrected chi connectivity index (χ3v) is 6.47. The van der Waals surface area contributed by atoms with Gasteiger partial charge in [0, 0.05) is 36.8 Å². The number of benzene rings is 1. The van der Waals surface area contributed by atoms with Gasteiger partial charge in [-0.05, 0) is 37.0 Å². The molecule has 3 atom stereocenters. The third kappa shape index (κ3) is 3.05. The molecule has 5 rings (SSSR count). The van der Waals surface area contributed by atoms with Crippen molar-refractivity contribution in [3.05, 3.63) is 76.7 Å². The fourth-order valence-electron chi connectivity index (χ4n) is 5.23. The second kappa shape index (κ2) is 7.55. The molecular weight excluding hydrogens is 378 g/mol. The molecule has 4 heterocycles. The van der Waals surface area contributed by atoms with Crippen LogP contribution in [-0.4, -0.2) is 43.2 Å². The number of carbonyl (C=O) groups excluding carboxylic acids is 1. The van der Waals surface area contributed by atoms with Crippen LogP contribution in [0.2, 0.25) is 0 Å². The SMILES string of the molecule is CCC[C@H]1[C@H]2C[C@H](CN(C(=O)c3ccccc3-n3cncn3)C2)c2cccc(=O)n21. The maximum atomic E-state index is 13.6. The van der Waals surface area contributed by atoms with Crippen molar-refractivity contribution in [2.75, 3.05) is 13.1 Å². The van der Waals surface area contributed by atoms with Gasteiger partial charge in [-0.25, -0.2) is 9.67 Å². The quantitative estimate of drug-likeness (QED) is 0.671. The maximum absolute atomic E-state index is 13.6. The zero-order valence-corrected chi connectivity index (χ0v) is 17.0. The number of likely N-dealkylation sites (tertiary alicyclic amines) is 1. The van der Waals surface area contributed by atoms with Gasteiger partial charge >= 0.3 is 0 Å². The molecule has 1 aromatic carbocycles. The maximum Gasteiger partial charge on any atom is 0.256 e. The Morgan fingerprint density at radius 2 is 2.00 bits per heavy atom. The van der Waals surface area contributed by atoms with E-state index < -0.39 is 0 Å². The first-order valence-corrected chi connectivity index (χ1v) is 10.6. The van der Waals surface area contributed by atoms with E-state index in [-0.39, 0.29) is 23.4 Å². The second-order valence-corrected chi connectivity index (χ2v) is 8.27. The molecule has 1 fully saturated rings. The van der Waals surface area contributed by atoms with E-state index in [9.17, 15) is 9.59 Å². The van der Waals surface area contributed by atoms with Crippen molar-refractivity contribution in [1.29, 1.82) is 0 Å². The molecule has 0 N–H and O–H groups in total. The number of piperidine rings is 1. The number of nitrogens with zero attached hydrogens (tertiary/aromatic N) is 5. The Morgan fingerprint density at radius 1 is 1.13 bits per heavy atom. The summed E-state index contributed by atoms with van der Waals surface area (Å²) in [6.07, 6.45) is 6.07. The monoisotopic (exact) mass is 403 g/mol. The lowest BCUT2D eigenvalue weighted by molar-refractivity contribution is 0.0518. The Morgan fingerprint density at radius 3 is 2.80 bits per heavy atom. The summed E-state index contributed by atoms with van der Waals surface area (Å²) in [5.41, 5.74) is 2.51. The van der Waals surface area contributed by atoms with E-state index in [1.165, 1.54) is 6.33 Å². The van der Waals surface area contributed by atoms with Crippen molar-refractivity contribution in [2.45, 2.75) is 38.1 Å². The molecule has 2 aliphatic rings. The molecule has 7 heteroatoms. The van der Waals surface area contributed by atoms with Crippen LogP contribution in [0.1, 0.15) is 54.2 Å². The fourth-order valence-corrected chi connectivity index (χ4v) is 5.23. The van der Waals surface area contributed by atoms with Crippen LogP contribution in [0.4, 0.5) is 0 Å². The predicted octanol–water partition coefficient (Wildman–Crippen LogP) is 3.03. The Hall–Kier alpha value is -3.22. The smallest absolute Gasteiger partial charge is 0.256 e. The highest BCUT2D eigenvalue weighted by atomic mass is 16.2. The van der Waals surface area contributed by atoms with Crippen molar-refractivity contribution < 1.29 is 4.79 Å². The van der Waals surface area contributed by atoms with Crippen LogP contribution in [0.5, 0.6) is 0 Å². The molecule has 0 saturated carbocycles. The Balaban J connectivity index is 1.51. The van der Waals surface area contributed by atoms with Gasteiger partial charge < -0.3 is 9.47 Å². The number of rotatable bonds is 4. The lowest BCUT2D eigenvalue weighted by Gasteiger charge is -2.47. The Labute approximate surface area is 175 Å². The largest absolute Gasteiger partial charge is 0.338 e. The van der Waals surface area contributed by atoms with Crippen molar-refractivity contribution >= 4 is 5.91 Å². The Kier molecular flexibility index (Phi) is 4.73. The molecule has 2 aromatic heterocycles. The summed E-state index contributed by atoms with van der Waals surface area (Å²) in [6, 6.07) is 13.2. The van der Waals surface area contributed by atoms with Gasteiger partial charge in [0.05, 0.1) is 11.3 Å². The van der Waals surface area contributed by atoms with E-state index in [4.69, 9.17) is 0 Å². The fraction of sp³-hybridized carbons (Fsp3) is 0.391. The first kappa shape index (κ1) is 18.8. The highest BCUT2D eigenvalue weighted by Gasteiger charge is 2.41. The minimum atomic E-state index is 0.0118. The number of amides is 1. The summed E-state index contributed by atoms with van der Waals surface area (Å²) in [5, 5.41) is 4.20. The summed E-state index contributed by atoms with van der Waals surface area (Å²) < 4.78 is 3.64. The van der Waals surface area contributed by atoms with Crippen LogP contribution in [0, 0.1) is 5.92 Å². The number of fused-ring (bicyclic) bond motifs is 4. The normalized spacial score (nSPS) is 22.6. The minimum absolute atomic E-state index is 0.0118. The van der Waals surface area contributed by atoms with E-state index in [1.54, 1.807) is 17.1 Å². The molecule has 7 nitrogen and oxygen atoms in total. The number of hydrogen-bond acceptors (Lipinski definition) is 4. The first-order valence-electron chi connectivity index (χ1n) is 10.6. The minimum Gasteiger partial charge on any atom is -0.338 e. The van der Waals surface area contributed by atoms with Crippen LogP contribution in [-0.2, 0) is 0 Å². The van der Waals surface area contributed by atoms with Crippen molar-refractivity contribution in [3.8, 4) is 5.69 Å². The van der Waals surface area contributed by atoms with Gasteiger partial charge in [-0.2, -0.15) is 5.10 Å². The number of aromatic nitrogens is 4. The van der Waals surface area contributed by atoms with Crippen LogP contribution in [0.25, 0.3) is 5.69 Å².